The Balaban J connectivity index is 0.000000547. The Kier molecular flexibility index (Phi) is 52.6. The van der Waals surface area contributed by atoms with Gasteiger partial charge < -0.3 is 5.53 Å². The first-order valence-corrected chi connectivity index (χ1v) is 37.9. The third-order valence-corrected chi connectivity index (χ3v) is 19.4. The van der Waals surface area contributed by atoms with E-state index in [0.29, 0.717) is 0 Å². The molecule has 1 heterocycles. The van der Waals surface area contributed by atoms with Crippen molar-refractivity contribution in [3.8, 4) is 0 Å². The Morgan fingerprint density at radius 1 is 0.316 bits per heavy atom. The van der Waals surface area contributed by atoms with Crippen LogP contribution in [-0.2, 0) is 30.8 Å². The molecule has 3 rings (SSSR count). The third-order valence-electron chi connectivity index (χ3n) is 17.2. The molecule has 79 heavy (non-hydrogen) atoms. The summed E-state index contributed by atoms with van der Waals surface area (Å²) < 4.78 is 1.44. The maximum absolute atomic E-state index is 11.3. The second kappa shape index (κ2) is 56.7. The monoisotopic (exact) mass is 1180 g/mol. The summed E-state index contributed by atoms with van der Waals surface area (Å²) in [6.07, 6.45) is 77.6. The smallest absolute Gasteiger partial charge is 0.493 e. The van der Waals surface area contributed by atoms with Crippen molar-refractivity contribution in [3.63, 3.8) is 0 Å². The Hall–Kier alpha value is -1.82. The molecule has 0 N–H and O–H groups in total. The standard InChI is InChI=1S/C34H48N2.2C21H43.Pd/c1-4-7-9-11-13-15-19-28-21-17-23-31(25-28)33-27-30(6-3)34(36(33)35)32-24-18-22-29(26-32)20-16-14-12-10-8-5-2;2*1-3-5-7-9-11-13-15-17-19-21-20-18-16-14-12-10-8-6-4-2;/h17-18,21-27H,4-16,19-20H2,1-3H3;2*1,3-21H2,2H3;. The summed E-state index contributed by atoms with van der Waals surface area (Å²) in [5.74, 6) is 0. The minimum atomic E-state index is 0.896. The maximum atomic E-state index is 11.3. The van der Waals surface area contributed by atoms with Crippen LogP contribution in [0.2, 0.25) is 9.79 Å². The fourth-order valence-electron chi connectivity index (χ4n) is 11.9. The van der Waals surface area contributed by atoms with Crippen molar-refractivity contribution in [3.05, 3.63) is 88.0 Å². The molecule has 0 radical (unpaired) electrons. The number of hydrogen-bond donors (Lipinski definition) is 0. The fraction of sp³-hybridized carbons (Fsp3) is 0.789. The molecule has 0 aromatic heterocycles. The second-order valence-electron chi connectivity index (χ2n) is 24.7. The van der Waals surface area contributed by atoms with Crippen molar-refractivity contribution in [2.24, 2.45) is 0 Å². The van der Waals surface area contributed by atoms with Crippen molar-refractivity contribution >= 4 is 11.4 Å². The summed E-state index contributed by atoms with van der Waals surface area (Å²) in [4.78, 5) is 3.10. The molecule has 3 heteroatoms. The van der Waals surface area contributed by atoms with Gasteiger partial charge >= 0.3 is 169 Å². The molecule has 1 aliphatic heterocycles. The Bertz CT molecular complexity index is 1660. The molecule has 0 unspecified atom stereocenters. The van der Waals surface area contributed by atoms with Gasteiger partial charge in [-0.15, -0.1) is 0 Å². The SMILES string of the molecule is CCCCCCCCCCCCCCCCCCCC[CH2][Pd][CH2]CCCCCCCCCCCCCCCCCCCC.CCCCCCCCc1cccc(C2=CC(CC)=C(c3cccc(CCCCCCCC)c3)[N+]2=[N-])c1. The number of rotatable bonds is 57. The number of hydrogen-bond acceptors (Lipinski definition) is 0. The molecule has 2 aromatic carbocycles. The van der Waals surface area contributed by atoms with E-state index >= 15 is 0 Å². The predicted octanol–water partition coefficient (Wildman–Crippen LogP) is 27.5. The van der Waals surface area contributed by atoms with Crippen LogP contribution in [0.25, 0.3) is 16.9 Å². The molecular formula is C76H134N2Pd. The van der Waals surface area contributed by atoms with Gasteiger partial charge in [0, 0.05) is 22.8 Å². The molecule has 1 aliphatic rings. The zero-order valence-corrected chi connectivity index (χ0v) is 55.4. The van der Waals surface area contributed by atoms with Crippen molar-refractivity contribution in [1.29, 1.82) is 0 Å². The summed E-state index contributed by atoms with van der Waals surface area (Å²) in [5.41, 5.74) is 19.3. The number of aryl methyl sites for hydroxylation is 2. The van der Waals surface area contributed by atoms with Gasteiger partial charge in [0.15, 0.2) is 0 Å². The predicted molar refractivity (Wildman–Crippen MR) is 352 cm³/mol. The van der Waals surface area contributed by atoms with E-state index in [4.69, 9.17) is 0 Å². The Morgan fingerprint density at radius 2 is 0.582 bits per heavy atom. The number of allylic oxidation sites excluding steroid dienone is 2. The Labute approximate surface area is 503 Å². The molecule has 0 aliphatic carbocycles. The summed E-state index contributed by atoms with van der Waals surface area (Å²) in [5, 5.41) is 0. The third kappa shape index (κ3) is 41.8. The van der Waals surface area contributed by atoms with Crippen LogP contribution in [0, 0.1) is 0 Å². The molecule has 0 saturated heterocycles. The molecule has 2 nitrogen and oxygen atoms in total. The first-order chi connectivity index (χ1) is 39.1. The normalized spacial score (nSPS) is 12.5. The average molecular weight is 1180 g/mol. The summed E-state index contributed by atoms with van der Waals surface area (Å²) in [6.45, 7) is 11.3. The van der Waals surface area contributed by atoms with E-state index in [9.17, 15) is 5.53 Å². The van der Waals surface area contributed by atoms with Gasteiger partial charge in [0.2, 0.25) is 11.4 Å². The molecule has 458 valence electrons. The van der Waals surface area contributed by atoms with Crippen LogP contribution in [-0.4, -0.2) is 4.70 Å². The number of nitrogens with zero attached hydrogens (tertiary/aromatic N) is 2. The van der Waals surface area contributed by atoms with Crippen molar-refractivity contribution < 1.29 is 22.7 Å². The van der Waals surface area contributed by atoms with E-state index in [-0.39, 0.29) is 0 Å². The van der Waals surface area contributed by atoms with E-state index < -0.39 is 0 Å². The van der Waals surface area contributed by atoms with Crippen LogP contribution in [0.1, 0.15) is 384 Å². The number of unbranched alkanes of at least 4 members (excludes halogenated alkanes) is 46. The van der Waals surface area contributed by atoms with Crippen molar-refractivity contribution in [2.75, 3.05) is 0 Å². The van der Waals surface area contributed by atoms with Gasteiger partial charge in [0.05, 0.1) is 0 Å². The molecule has 0 spiro atoms. The summed E-state index contributed by atoms with van der Waals surface area (Å²) in [7, 11) is 0. The van der Waals surface area contributed by atoms with Crippen LogP contribution >= 0.6 is 0 Å². The topological polar surface area (TPSA) is 25.3 Å². The van der Waals surface area contributed by atoms with E-state index in [0.717, 1.165) is 59.8 Å². The van der Waals surface area contributed by atoms with Crippen LogP contribution in [0.4, 0.5) is 0 Å². The first-order valence-electron chi connectivity index (χ1n) is 35.7. The molecule has 0 saturated carbocycles. The van der Waals surface area contributed by atoms with Crippen molar-refractivity contribution in [1.82, 2.24) is 0 Å². The molecule has 0 atom stereocenters. The molecular weight excluding hydrogens is 1050 g/mol. The zero-order valence-electron chi connectivity index (χ0n) is 53.8. The van der Waals surface area contributed by atoms with Gasteiger partial charge in [-0.2, -0.15) is 0 Å². The Morgan fingerprint density at radius 3 is 0.886 bits per heavy atom. The average Bonchev–Trinajstić information content (AvgIpc) is 3.90. The second-order valence-corrected chi connectivity index (χ2v) is 27.0. The van der Waals surface area contributed by atoms with Crippen LogP contribution in [0.5, 0.6) is 0 Å². The summed E-state index contributed by atoms with van der Waals surface area (Å²) >= 11 is 1.06. The van der Waals surface area contributed by atoms with Gasteiger partial charge in [-0.3, -0.25) is 0 Å². The van der Waals surface area contributed by atoms with E-state index in [2.05, 4.69) is 89.2 Å². The van der Waals surface area contributed by atoms with Gasteiger partial charge in [0.25, 0.3) is 0 Å². The van der Waals surface area contributed by atoms with Gasteiger partial charge in [-0.25, -0.2) is 4.70 Å². The number of benzene rings is 2. The van der Waals surface area contributed by atoms with Crippen LogP contribution < -0.4 is 0 Å². The van der Waals surface area contributed by atoms with Gasteiger partial charge in [-0.1, -0.05) is 226 Å². The van der Waals surface area contributed by atoms with E-state index in [1.54, 1.807) is 9.79 Å². The van der Waals surface area contributed by atoms with Gasteiger partial charge in [-0.05, 0) is 67.5 Å². The van der Waals surface area contributed by atoms with Crippen molar-refractivity contribution in [2.45, 2.75) is 385 Å². The minimum Gasteiger partial charge on any atom is -0.493 e. The van der Waals surface area contributed by atoms with Gasteiger partial charge in [0.1, 0.15) is 0 Å². The zero-order chi connectivity index (χ0) is 56.6. The molecule has 0 bridgehead atoms. The molecule has 2 aromatic rings. The van der Waals surface area contributed by atoms with E-state index in [1.165, 1.54) is 342 Å². The van der Waals surface area contributed by atoms with Crippen LogP contribution in [0.3, 0.4) is 0 Å². The van der Waals surface area contributed by atoms with Crippen LogP contribution in [0.15, 0.2) is 60.2 Å². The molecule has 0 fully saturated rings. The molecule has 0 amide bonds. The fourth-order valence-corrected chi connectivity index (χ4v) is 13.8. The minimum absolute atomic E-state index is 0.896. The quantitative estimate of drug-likeness (QED) is 0.0358. The van der Waals surface area contributed by atoms with E-state index in [1.807, 2.05) is 0 Å². The first kappa shape index (κ1) is 73.3. The summed E-state index contributed by atoms with van der Waals surface area (Å²) in [6, 6.07) is 17.6.